The fourth-order valence-electron chi connectivity index (χ4n) is 2.01. The number of piperazine rings is 1. The van der Waals surface area contributed by atoms with Gasteiger partial charge in [-0.1, -0.05) is 11.8 Å². The average Bonchev–Trinajstić information content (AvgIpc) is 2.32. The summed E-state index contributed by atoms with van der Waals surface area (Å²) < 4.78 is 0. The van der Waals surface area contributed by atoms with Crippen LogP contribution in [0, 0.1) is 17.8 Å². The van der Waals surface area contributed by atoms with Crippen LogP contribution in [0.15, 0.2) is 0 Å². The molecule has 15 heavy (non-hydrogen) atoms. The second kappa shape index (κ2) is 6.42. The first kappa shape index (κ1) is 11.3. The maximum atomic E-state index is 3.44. The van der Waals surface area contributed by atoms with Crippen molar-refractivity contribution in [3.05, 3.63) is 0 Å². The Morgan fingerprint density at radius 2 is 1.93 bits per heavy atom. The lowest BCUT2D eigenvalue weighted by molar-refractivity contribution is 0.268. The largest absolute Gasteiger partial charge is 0.314 e. The third kappa shape index (κ3) is 4.06. The molecular formula is C12H20N2S. The third-order valence-electron chi connectivity index (χ3n) is 3.04. The van der Waals surface area contributed by atoms with Gasteiger partial charge in [-0.05, 0) is 24.3 Å². The van der Waals surface area contributed by atoms with Gasteiger partial charge in [-0.15, -0.1) is 0 Å². The minimum absolute atomic E-state index is 0.689. The molecule has 2 fully saturated rings. The summed E-state index contributed by atoms with van der Waals surface area (Å²) in [5.41, 5.74) is 0. The Balaban J connectivity index is 1.68. The molecule has 0 spiro atoms. The second-order valence-electron chi connectivity index (χ2n) is 4.23. The van der Waals surface area contributed by atoms with Crippen molar-refractivity contribution in [2.75, 3.05) is 44.2 Å². The SMILES string of the molecule is C(#CC1CCSCC1)CN1CCNCC1. The van der Waals surface area contributed by atoms with Crippen molar-refractivity contribution >= 4 is 11.8 Å². The summed E-state index contributed by atoms with van der Waals surface area (Å²) in [6.45, 7) is 5.55. The predicted octanol–water partition coefficient (Wildman–Crippen LogP) is 1.04. The zero-order valence-corrected chi connectivity index (χ0v) is 10.1. The Morgan fingerprint density at radius 1 is 1.20 bits per heavy atom. The molecule has 2 aliphatic rings. The number of hydrogen-bond acceptors (Lipinski definition) is 3. The van der Waals surface area contributed by atoms with Gasteiger partial charge < -0.3 is 5.32 Å². The number of thioether (sulfide) groups is 1. The van der Waals surface area contributed by atoms with E-state index in [4.69, 9.17) is 0 Å². The highest BCUT2D eigenvalue weighted by Gasteiger charge is 2.11. The highest BCUT2D eigenvalue weighted by Crippen LogP contribution is 2.21. The molecule has 3 heteroatoms. The van der Waals surface area contributed by atoms with E-state index in [0.29, 0.717) is 5.92 Å². The van der Waals surface area contributed by atoms with Crippen molar-refractivity contribution < 1.29 is 0 Å². The van der Waals surface area contributed by atoms with Gasteiger partial charge in [0.1, 0.15) is 0 Å². The van der Waals surface area contributed by atoms with Crippen molar-refractivity contribution in [3.63, 3.8) is 0 Å². The van der Waals surface area contributed by atoms with Crippen molar-refractivity contribution in [1.82, 2.24) is 10.2 Å². The molecular weight excluding hydrogens is 204 g/mol. The summed E-state index contributed by atoms with van der Waals surface area (Å²) >= 11 is 2.07. The van der Waals surface area contributed by atoms with Crippen LogP contribution in [0.4, 0.5) is 0 Å². The molecule has 0 aromatic heterocycles. The molecule has 0 atom stereocenters. The van der Waals surface area contributed by atoms with Gasteiger partial charge in [-0.25, -0.2) is 0 Å². The maximum absolute atomic E-state index is 3.44. The van der Waals surface area contributed by atoms with E-state index in [0.717, 1.165) is 32.7 Å². The Kier molecular flexibility index (Phi) is 4.85. The van der Waals surface area contributed by atoms with Crippen LogP contribution in [0.25, 0.3) is 0 Å². The maximum Gasteiger partial charge on any atom is 0.0602 e. The van der Waals surface area contributed by atoms with Crippen LogP contribution in [-0.2, 0) is 0 Å². The summed E-state index contributed by atoms with van der Waals surface area (Å²) in [6.07, 6.45) is 2.61. The van der Waals surface area contributed by atoms with E-state index < -0.39 is 0 Å². The Hall–Kier alpha value is -0.170. The lowest BCUT2D eigenvalue weighted by atomic mass is 10.0. The average molecular weight is 224 g/mol. The smallest absolute Gasteiger partial charge is 0.0602 e. The summed E-state index contributed by atoms with van der Waals surface area (Å²) in [4.78, 5) is 2.45. The van der Waals surface area contributed by atoms with Gasteiger partial charge in [0.05, 0.1) is 6.54 Å². The van der Waals surface area contributed by atoms with Gasteiger partial charge in [0.25, 0.3) is 0 Å². The van der Waals surface area contributed by atoms with Crippen molar-refractivity contribution in [1.29, 1.82) is 0 Å². The molecule has 2 rings (SSSR count). The minimum atomic E-state index is 0.689. The molecule has 84 valence electrons. The number of rotatable bonds is 1. The monoisotopic (exact) mass is 224 g/mol. The van der Waals surface area contributed by atoms with Crippen molar-refractivity contribution in [3.8, 4) is 11.8 Å². The summed E-state index contributed by atoms with van der Waals surface area (Å²) in [5, 5.41) is 3.36. The van der Waals surface area contributed by atoms with Crippen LogP contribution in [0.2, 0.25) is 0 Å². The summed E-state index contributed by atoms with van der Waals surface area (Å²) in [7, 11) is 0. The molecule has 2 saturated heterocycles. The van der Waals surface area contributed by atoms with Crippen molar-refractivity contribution in [2.45, 2.75) is 12.8 Å². The van der Waals surface area contributed by atoms with Crippen LogP contribution >= 0.6 is 11.8 Å². The molecule has 0 unspecified atom stereocenters. The molecule has 0 aromatic rings. The minimum Gasteiger partial charge on any atom is -0.314 e. The molecule has 2 nitrogen and oxygen atoms in total. The van der Waals surface area contributed by atoms with E-state index in [1.54, 1.807) is 0 Å². The van der Waals surface area contributed by atoms with Crippen LogP contribution in [0.1, 0.15) is 12.8 Å². The van der Waals surface area contributed by atoms with E-state index in [9.17, 15) is 0 Å². The van der Waals surface area contributed by atoms with E-state index in [2.05, 4.69) is 33.8 Å². The predicted molar refractivity (Wildman–Crippen MR) is 67.1 cm³/mol. The third-order valence-corrected chi connectivity index (χ3v) is 4.09. The van der Waals surface area contributed by atoms with Crippen molar-refractivity contribution in [2.24, 2.45) is 5.92 Å². The molecule has 0 bridgehead atoms. The van der Waals surface area contributed by atoms with E-state index in [1.807, 2.05) is 0 Å². The highest BCUT2D eigenvalue weighted by atomic mass is 32.2. The molecule has 0 aromatic carbocycles. The van der Waals surface area contributed by atoms with Gasteiger partial charge in [0, 0.05) is 32.1 Å². The molecule has 2 heterocycles. The van der Waals surface area contributed by atoms with Crippen LogP contribution < -0.4 is 5.32 Å². The number of nitrogens with zero attached hydrogens (tertiary/aromatic N) is 1. The fourth-order valence-corrected chi connectivity index (χ4v) is 3.12. The molecule has 0 aliphatic carbocycles. The lowest BCUT2D eigenvalue weighted by Gasteiger charge is -2.25. The van der Waals surface area contributed by atoms with Gasteiger partial charge in [0.15, 0.2) is 0 Å². The zero-order chi connectivity index (χ0) is 10.3. The van der Waals surface area contributed by atoms with Crippen LogP contribution in [0.3, 0.4) is 0 Å². The first-order valence-corrected chi connectivity index (χ1v) is 7.10. The van der Waals surface area contributed by atoms with E-state index >= 15 is 0 Å². The lowest BCUT2D eigenvalue weighted by Crippen LogP contribution is -2.43. The van der Waals surface area contributed by atoms with Crippen LogP contribution in [0.5, 0.6) is 0 Å². The van der Waals surface area contributed by atoms with Gasteiger partial charge in [-0.3, -0.25) is 4.90 Å². The zero-order valence-electron chi connectivity index (χ0n) is 9.30. The quantitative estimate of drug-likeness (QED) is 0.670. The van der Waals surface area contributed by atoms with Gasteiger partial charge in [-0.2, -0.15) is 11.8 Å². The molecule has 0 radical (unpaired) electrons. The fraction of sp³-hybridized carbons (Fsp3) is 0.833. The van der Waals surface area contributed by atoms with E-state index in [-0.39, 0.29) is 0 Å². The topological polar surface area (TPSA) is 15.3 Å². The second-order valence-corrected chi connectivity index (χ2v) is 5.46. The van der Waals surface area contributed by atoms with Gasteiger partial charge in [0.2, 0.25) is 0 Å². The first-order chi connectivity index (χ1) is 7.45. The number of nitrogens with one attached hydrogen (secondary N) is 1. The van der Waals surface area contributed by atoms with Gasteiger partial charge >= 0.3 is 0 Å². The molecule has 2 aliphatic heterocycles. The first-order valence-electron chi connectivity index (χ1n) is 5.94. The highest BCUT2D eigenvalue weighted by molar-refractivity contribution is 7.99. The van der Waals surface area contributed by atoms with Crippen LogP contribution in [-0.4, -0.2) is 49.1 Å². The Bertz CT molecular complexity index is 232. The normalized spacial score (nSPS) is 24.5. The summed E-state index contributed by atoms with van der Waals surface area (Å²) in [6, 6.07) is 0. The summed E-state index contributed by atoms with van der Waals surface area (Å²) in [5.74, 6) is 10.1. The Labute approximate surface area is 97.2 Å². The van der Waals surface area contributed by atoms with E-state index in [1.165, 1.54) is 24.3 Å². The standard InChI is InChI=1S/C12H20N2S/c1(2-12-3-10-15-11-4-12)7-14-8-5-13-6-9-14/h12-13H,3-11H2. The molecule has 0 saturated carbocycles. The molecule has 1 N–H and O–H groups in total. The molecule has 0 amide bonds. The Morgan fingerprint density at radius 3 is 2.67 bits per heavy atom. The number of hydrogen-bond donors (Lipinski definition) is 1.